The average molecular weight is 400 g/mol. The molecule has 1 aromatic heterocycles. The molecule has 0 radical (unpaired) electrons. The largest absolute Gasteiger partial charge is 0.308 e. The zero-order chi connectivity index (χ0) is 17.6. The maximum atomic E-state index is 14.0. The van der Waals surface area contributed by atoms with Gasteiger partial charge < -0.3 is 4.90 Å². The van der Waals surface area contributed by atoms with Crippen LogP contribution in [0.2, 0.25) is 0 Å². The normalized spacial score (nSPS) is 13.2. The zero-order valence-electron chi connectivity index (χ0n) is 13.5. The highest BCUT2D eigenvalue weighted by atomic mass is 79.9. The molecule has 126 valence electrons. The molecule has 0 N–H and O–H groups in total. The van der Waals surface area contributed by atoms with Crippen molar-refractivity contribution in [1.82, 2.24) is 9.78 Å². The molecule has 4 nitrogen and oxygen atoms in total. The number of rotatable bonds is 2. The Morgan fingerprint density at radius 3 is 2.80 bits per heavy atom. The summed E-state index contributed by atoms with van der Waals surface area (Å²) in [5.74, 6) is -0.481. The van der Waals surface area contributed by atoms with Gasteiger partial charge in [0.15, 0.2) is 0 Å². The number of anilines is 1. The highest BCUT2D eigenvalue weighted by Gasteiger charge is 2.28. The lowest BCUT2D eigenvalue weighted by atomic mass is 10.1. The second kappa shape index (κ2) is 6.11. The number of halogens is 2. The van der Waals surface area contributed by atoms with Crippen molar-refractivity contribution in [1.29, 1.82) is 0 Å². The van der Waals surface area contributed by atoms with Gasteiger partial charge in [-0.1, -0.05) is 28.1 Å². The molecule has 0 fully saturated rings. The van der Waals surface area contributed by atoms with Crippen molar-refractivity contribution in [3.05, 3.63) is 75.8 Å². The third kappa shape index (κ3) is 2.66. The minimum absolute atomic E-state index is 0.110. The number of fused-ring (bicyclic) bond motifs is 1. The molecule has 0 saturated heterocycles. The van der Waals surface area contributed by atoms with Crippen LogP contribution >= 0.6 is 15.9 Å². The van der Waals surface area contributed by atoms with Gasteiger partial charge >= 0.3 is 0 Å². The predicted molar refractivity (Wildman–Crippen MR) is 97.8 cm³/mol. The molecule has 1 aliphatic rings. The molecule has 0 bridgehead atoms. The Morgan fingerprint density at radius 1 is 1.20 bits per heavy atom. The molecule has 2 aromatic carbocycles. The van der Waals surface area contributed by atoms with E-state index < -0.39 is 0 Å². The molecule has 4 rings (SSSR count). The zero-order valence-corrected chi connectivity index (χ0v) is 15.1. The Hall–Kier alpha value is -2.47. The number of aromatic nitrogens is 2. The predicted octanol–water partition coefficient (Wildman–Crippen LogP) is 4.29. The van der Waals surface area contributed by atoms with Crippen molar-refractivity contribution in [3.63, 3.8) is 0 Å². The number of nitrogens with zero attached hydrogens (tertiary/aromatic N) is 3. The van der Waals surface area contributed by atoms with Crippen molar-refractivity contribution in [2.24, 2.45) is 0 Å². The van der Waals surface area contributed by atoms with E-state index in [1.54, 1.807) is 30.0 Å². The minimum Gasteiger partial charge on any atom is -0.308 e. The van der Waals surface area contributed by atoms with Gasteiger partial charge in [0.1, 0.15) is 11.5 Å². The summed E-state index contributed by atoms with van der Waals surface area (Å²) in [6, 6.07) is 12.3. The lowest BCUT2D eigenvalue weighted by molar-refractivity contribution is 0.0989. The third-order valence-corrected chi connectivity index (χ3v) is 5.00. The molecule has 0 saturated carbocycles. The Bertz CT molecular complexity index is 983. The maximum absolute atomic E-state index is 14.0. The van der Waals surface area contributed by atoms with E-state index in [1.807, 2.05) is 18.2 Å². The molecule has 1 amide bonds. The molecule has 1 aliphatic heterocycles. The third-order valence-electron chi connectivity index (χ3n) is 4.50. The summed E-state index contributed by atoms with van der Waals surface area (Å²) in [6.45, 7) is 2.42. The summed E-state index contributed by atoms with van der Waals surface area (Å²) >= 11 is 3.46. The van der Waals surface area contributed by atoms with Gasteiger partial charge in [-0.05, 0) is 49.2 Å². The molecular weight excluding hydrogens is 385 g/mol. The molecule has 0 spiro atoms. The van der Waals surface area contributed by atoms with Crippen LogP contribution < -0.4 is 4.90 Å². The molecule has 25 heavy (non-hydrogen) atoms. The monoisotopic (exact) mass is 399 g/mol. The first-order chi connectivity index (χ1) is 12.1. The smallest absolute Gasteiger partial charge is 0.261 e. The van der Waals surface area contributed by atoms with Crippen molar-refractivity contribution in [2.45, 2.75) is 13.3 Å². The molecule has 0 unspecified atom stereocenters. The molecule has 0 atom stereocenters. The van der Waals surface area contributed by atoms with Crippen molar-refractivity contribution < 1.29 is 9.18 Å². The molecule has 6 heteroatoms. The first-order valence-corrected chi connectivity index (χ1v) is 8.75. The Kier molecular flexibility index (Phi) is 3.92. The molecular formula is C19H15BrFN3O. The minimum atomic E-state index is -0.371. The van der Waals surface area contributed by atoms with E-state index >= 15 is 0 Å². The number of hydrogen-bond acceptors (Lipinski definition) is 2. The van der Waals surface area contributed by atoms with Crippen LogP contribution in [-0.4, -0.2) is 22.2 Å². The van der Waals surface area contributed by atoms with Crippen LogP contribution in [0.15, 0.2) is 53.1 Å². The molecule has 3 aromatic rings. The van der Waals surface area contributed by atoms with E-state index in [4.69, 9.17) is 0 Å². The van der Waals surface area contributed by atoms with Gasteiger partial charge in [0.2, 0.25) is 0 Å². The summed E-state index contributed by atoms with van der Waals surface area (Å²) in [4.78, 5) is 14.8. The fraction of sp³-hybridized carbons (Fsp3) is 0.158. The average Bonchev–Trinajstić information content (AvgIpc) is 3.18. The Balaban J connectivity index is 1.71. The van der Waals surface area contributed by atoms with Crippen LogP contribution in [0, 0.1) is 12.7 Å². The Labute approximate surface area is 153 Å². The van der Waals surface area contributed by atoms with Crippen LogP contribution in [0.1, 0.15) is 21.6 Å². The number of benzene rings is 2. The highest BCUT2D eigenvalue weighted by Crippen LogP contribution is 2.32. The maximum Gasteiger partial charge on any atom is 0.261 e. The SMILES string of the molecule is Cc1c(C(=O)N2CCc3cc(Br)ccc32)cnn1-c1ccccc1F. The number of hydrogen-bond donors (Lipinski definition) is 0. The fourth-order valence-electron chi connectivity index (χ4n) is 3.21. The fourth-order valence-corrected chi connectivity index (χ4v) is 3.62. The second-order valence-corrected chi connectivity index (χ2v) is 6.90. The summed E-state index contributed by atoms with van der Waals surface area (Å²) in [7, 11) is 0. The topological polar surface area (TPSA) is 38.1 Å². The lowest BCUT2D eigenvalue weighted by Gasteiger charge is -2.17. The van der Waals surface area contributed by atoms with Gasteiger partial charge in [-0.2, -0.15) is 5.10 Å². The lowest BCUT2D eigenvalue weighted by Crippen LogP contribution is -2.29. The van der Waals surface area contributed by atoms with Gasteiger partial charge in [-0.15, -0.1) is 0 Å². The summed E-state index contributed by atoms with van der Waals surface area (Å²) in [5, 5.41) is 4.23. The first-order valence-electron chi connectivity index (χ1n) is 7.96. The van der Waals surface area contributed by atoms with Gasteiger partial charge in [0.25, 0.3) is 5.91 Å². The van der Waals surface area contributed by atoms with Crippen LogP contribution in [0.4, 0.5) is 10.1 Å². The molecule has 2 heterocycles. The van der Waals surface area contributed by atoms with Crippen LogP contribution in [0.25, 0.3) is 5.69 Å². The van der Waals surface area contributed by atoms with Crippen molar-refractivity contribution in [2.75, 3.05) is 11.4 Å². The second-order valence-electron chi connectivity index (χ2n) is 5.99. The van der Waals surface area contributed by atoms with Crippen molar-refractivity contribution in [3.8, 4) is 5.69 Å². The number of para-hydroxylation sites is 1. The number of amides is 1. The summed E-state index contributed by atoms with van der Waals surface area (Å²) < 4.78 is 16.5. The van der Waals surface area contributed by atoms with Gasteiger partial charge in [-0.25, -0.2) is 9.07 Å². The van der Waals surface area contributed by atoms with E-state index in [1.165, 1.54) is 16.9 Å². The Morgan fingerprint density at radius 2 is 2.00 bits per heavy atom. The van der Waals surface area contributed by atoms with E-state index in [-0.39, 0.29) is 11.7 Å². The summed E-state index contributed by atoms with van der Waals surface area (Å²) in [5.41, 5.74) is 3.51. The van der Waals surface area contributed by atoms with Crippen LogP contribution in [-0.2, 0) is 6.42 Å². The standard InChI is InChI=1S/C19H15BrFN3O/c1-12-15(11-22-24(12)18-5-3-2-4-16(18)21)19(25)23-9-8-13-10-14(20)6-7-17(13)23/h2-7,10-11H,8-9H2,1H3. The highest BCUT2D eigenvalue weighted by molar-refractivity contribution is 9.10. The van der Waals surface area contributed by atoms with Gasteiger partial charge in [-0.3, -0.25) is 4.79 Å². The summed E-state index contributed by atoms with van der Waals surface area (Å²) in [6.07, 6.45) is 2.34. The van der Waals surface area contributed by atoms with E-state index in [0.717, 1.165) is 22.1 Å². The first kappa shape index (κ1) is 16.0. The van der Waals surface area contributed by atoms with Crippen LogP contribution in [0.5, 0.6) is 0 Å². The van der Waals surface area contributed by atoms with Crippen molar-refractivity contribution >= 4 is 27.5 Å². The van der Waals surface area contributed by atoms with Gasteiger partial charge in [0.05, 0.1) is 17.5 Å². The molecule has 0 aliphatic carbocycles. The van der Waals surface area contributed by atoms with Gasteiger partial charge in [0, 0.05) is 16.7 Å². The van der Waals surface area contributed by atoms with E-state index in [9.17, 15) is 9.18 Å². The van der Waals surface area contributed by atoms with E-state index in [0.29, 0.717) is 23.5 Å². The quantitative estimate of drug-likeness (QED) is 0.644. The van der Waals surface area contributed by atoms with Crippen LogP contribution in [0.3, 0.4) is 0 Å². The number of carbonyl (C=O) groups is 1. The number of carbonyl (C=O) groups excluding carboxylic acids is 1. The van der Waals surface area contributed by atoms with E-state index in [2.05, 4.69) is 21.0 Å².